The molecule has 1 atom stereocenters. The molecular weight excluding hydrogens is 362 g/mol. The molecule has 146 valence electrons. The van der Waals surface area contributed by atoms with E-state index in [-0.39, 0.29) is 5.91 Å². The number of carbonyl (C=O) groups excluding carboxylic acids is 1. The number of ether oxygens (including phenoxy) is 1. The molecule has 0 aromatic carbocycles. The molecule has 4 heterocycles. The highest BCUT2D eigenvalue weighted by atomic mass is 32.1. The minimum Gasteiger partial charge on any atom is -0.381 e. The van der Waals surface area contributed by atoms with Gasteiger partial charge in [-0.25, -0.2) is 0 Å². The predicted octanol–water partition coefficient (Wildman–Crippen LogP) is 3.02. The molecule has 7 heteroatoms. The third-order valence-corrected chi connectivity index (χ3v) is 6.74. The van der Waals surface area contributed by atoms with E-state index in [9.17, 15) is 4.79 Å². The molecule has 1 unspecified atom stereocenters. The standard InChI is InChI=1S/C20H27N3O3S/c1-13-17(14(2)26-21-13)9-23-6-4-16-18(12-27-19(16)10-23)20(24)22(3)8-15-5-7-25-11-15/h12,15H,4-11H2,1-3H3. The third kappa shape index (κ3) is 3.81. The van der Waals surface area contributed by atoms with E-state index in [4.69, 9.17) is 9.26 Å². The van der Waals surface area contributed by atoms with Crippen LogP contribution in [0.2, 0.25) is 0 Å². The van der Waals surface area contributed by atoms with Crippen LogP contribution in [0, 0.1) is 19.8 Å². The van der Waals surface area contributed by atoms with Crippen molar-refractivity contribution < 1.29 is 14.1 Å². The molecule has 2 aliphatic heterocycles. The van der Waals surface area contributed by atoms with Gasteiger partial charge >= 0.3 is 0 Å². The molecule has 0 aliphatic carbocycles. The largest absolute Gasteiger partial charge is 0.381 e. The predicted molar refractivity (Wildman–Crippen MR) is 104 cm³/mol. The Bertz CT molecular complexity index is 803. The van der Waals surface area contributed by atoms with Crippen LogP contribution < -0.4 is 0 Å². The van der Waals surface area contributed by atoms with E-state index in [0.717, 1.165) is 69.3 Å². The van der Waals surface area contributed by atoms with E-state index in [0.29, 0.717) is 5.92 Å². The van der Waals surface area contributed by atoms with Crippen LogP contribution in [-0.4, -0.2) is 54.2 Å². The summed E-state index contributed by atoms with van der Waals surface area (Å²) in [5.74, 6) is 1.52. The van der Waals surface area contributed by atoms with Gasteiger partial charge in [0, 0.05) is 61.6 Å². The van der Waals surface area contributed by atoms with E-state index in [1.165, 1.54) is 16.0 Å². The molecule has 0 N–H and O–H groups in total. The van der Waals surface area contributed by atoms with Crippen LogP contribution in [0.4, 0.5) is 0 Å². The quantitative estimate of drug-likeness (QED) is 0.787. The number of carbonyl (C=O) groups is 1. The molecule has 2 aromatic rings. The Hall–Kier alpha value is -1.70. The first-order valence-corrected chi connectivity index (χ1v) is 10.5. The smallest absolute Gasteiger partial charge is 0.254 e. The van der Waals surface area contributed by atoms with E-state index in [1.807, 2.05) is 31.2 Å². The van der Waals surface area contributed by atoms with Crippen LogP contribution >= 0.6 is 11.3 Å². The van der Waals surface area contributed by atoms with Gasteiger partial charge in [-0.05, 0) is 32.3 Å². The lowest BCUT2D eigenvalue weighted by Gasteiger charge is -2.27. The second-order valence-corrected chi connectivity index (χ2v) is 8.69. The summed E-state index contributed by atoms with van der Waals surface area (Å²) in [6, 6.07) is 0. The summed E-state index contributed by atoms with van der Waals surface area (Å²) >= 11 is 1.71. The van der Waals surface area contributed by atoms with Crippen LogP contribution in [0.15, 0.2) is 9.90 Å². The van der Waals surface area contributed by atoms with Crippen molar-refractivity contribution in [2.75, 3.05) is 33.4 Å². The zero-order chi connectivity index (χ0) is 19.0. The monoisotopic (exact) mass is 389 g/mol. The first-order valence-electron chi connectivity index (χ1n) is 9.59. The summed E-state index contributed by atoms with van der Waals surface area (Å²) in [6.45, 7) is 9.03. The maximum absolute atomic E-state index is 13.0. The molecule has 6 nitrogen and oxygen atoms in total. The fourth-order valence-corrected chi connectivity index (χ4v) is 5.16. The number of hydrogen-bond donors (Lipinski definition) is 0. The van der Waals surface area contributed by atoms with Crippen molar-refractivity contribution in [1.29, 1.82) is 0 Å². The maximum Gasteiger partial charge on any atom is 0.254 e. The second kappa shape index (κ2) is 7.73. The van der Waals surface area contributed by atoms with E-state index < -0.39 is 0 Å². The molecule has 1 fully saturated rings. The zero-order valence-electron chi connectivity index (χ0n) is 16.3. The molecule has 0 bridgehead atoms. The molecule has 4 rings (SSSR count). The fraction of sp³-hybridized carbons (Fsp3) is 0.600. The Morgan fingerprint density at radius 2 is 2.30 bits per heavy atom. The van der Waals surface area contributed by atoms with Crippen molar-refractivity contribution in [2.24, 2.45) is 5.92 Å². The first-order chi connectivity index (χ1) is 13.0. The lowest BCUT2D eigenvalue weighted by atomic mass is 10.0. The van der Waals surface area contributed by atoms with Gasteiger partial charge in [0.15, 0.2) is 0 Å². The van der Waals surface area contributed by atoms with Gasteiger partial charge < -0.3 is 14.2 Å². The molecule has 1 amide bonds. The van der Waals surface area contributed by atoms with Gasteiger partial charge in [0.05, 0.1) is 17.9 Å². The van der Waals surface area contributed by atoms with Crippen molar-refractivity contribution in [3.05, 3.63) is 38.4 Å². The van der Waals surface area contributed by atoms with Gasteiger partial charge in [-0.3, -0.25) is 9.69 Å². The van der Waals surface area contributed by atoms with Gasteiger partial charge in [0.25, 0.3) is 5.91 Å². The average molecular weight is 390 g/mol. The van der Waals surface area contributed by atoms with Gasteiger partial charge in [-0.2, -0.15) is 0 Å². The Morgan fingerprint density at radius 3 is 3.00 bits per heavy atom. The van der Waals surface area contributed by atoms with E-state index >= 15 is 0 Å². The third-order valence-electron chi connectivity index (χ3n) is 5.72. The number of thiophene rings is 1. The highest BCUT2D eigenvalue weighted by molar-refractivity contribution is 7.10. The van der Waals surface area contributed by atoms with Crippen LogP contribution in [-0.2, 0) is 24.2 Å². The van der Waals surface area contributed by atoms with Crippen LogP contribution in [0.3, 0.4) is 0 Å². The van der Waals surface area contributed by atoms with Crippen molar-refractivity contribution in [3.8, 4) is 0 Å². The lowest BCUT2D eigenvalue weighted by Crippen LogP contribution is -2.34. The summed E-state index contributed by atoms with van der Waals surface area (Å²) in [6.07, 6.45) is 1.97. The van der Waals surface area contributed by atoms with E-state index in [1.54, 1.807) is 11.3 Å². The van der Waals surface area contributed by atoms with Gasteiger partial charge in [-0.1, -0.05) is 5.16 Å². The van der Waals surface area contributed by atoms with Gasteiger partial charge in [0.2, 0.25) is 0 Å². The Morgan fingerprint density at radius 1 is 1.44 bits per heavy atom. The maximum atomic E-state index is 13.0. The fourth-order valence-electron chi connectivity index (χ4n) is 4.05. The summed E-state index contributed by atoms with van der Waals surface area (Å²) in [4.78, 5) is 18.6. The normalized spacial score (nSPS) is 20.0. The van der Waals surface area contributed by atoms with Crippen molar-refractivity contribution in [3.63, 3.8) is 0 Å². The molecule has 0 radical (unpaired) electrons. The summed E-state index contributed by atoms with van der Waals surface area (Å²) in [7, 11) is 1.91. The zero-order valence-corrected chi connectivity index (χ0v) is 17.1. The van der Waals surface area contributed by atoms with Gasteiger partial charge in [0.1, 0.15) is 5.76 Å². The Balaban J connectivity index is 1.42. The molecule has 2 aliphatic rings. The number of rotatable bonds is 5. The summed E-state index contributed by atoms with van der Waals surface area (Å²) in [5, 5.41) is 6.11. The Kier molecular flexibility index (Phi) is 5.34. The van der Waals surface area contributed by atoms with E-state index in [2.05, 4.69) is 10.1 Å². The number of hydrogen-bond acceptors (Lipinski definition) is 6. The molecular formula is C20H27N3O3S. The number of aryl methyl sites for hydroxylation is 2. The highest BCUT2D eigenvalue weighted by Gasteiger charge is 2.27. The number of fused-ring (bicyclic) bond motifs is 1. The van der Waals surface area contributed by atoms with Gasteiger partial charge in [-0.15, -0.1) is 11.3 Å². The molecule has 0 spiro atoms. The minimum absolute atomic E-state index is 0.151. The number of amides is 1. The van der Waals surface area contributed by atoms with Crippen molar-refractivity contribution >= 4 is 17.2 Å². The second-order valence-electron chi connectivity index (χ2n) is 7.73. The summed E-state index contributed by atoms with van der Waals surface area (Å²) in [5.41, 5.74) is 4.30. The average Bonchev–Trinajstić information content (AvgIpc) is 3.38. The van der Waals surface area contributed by atoms with Crippen LogP contribution in [0.25, 0.3) is 0 Å². The van der Waals surface area contributed by atoms with Crippen molar-refractivity contribution in [2.45, 2.75) is 39.8 Å². The topological polar surface area (TPSA) is 58.8 Å². The van der Waals surface area contributed by atoms with Crippen LogP contribution in [0.5, 0.6) is 0 Å². The Labute approximate surface area is 164 Å². The number of nitrogens with zero attached hydrogens (tertiary/aromatic N) is 3. The summed E-state index contributed by atoms with van der Waals surface area (Å²) < 4.78 is 10.7. The SMILES string of the molecule is Cc1noc(C)c1CN1CCc2c(C(=O)N(C)CC3CCOC3)csc2C1. The van der Waals surface area contributed by atoms with Crippen LogP contribution in [0.1, 0.15) is 44.2 Å². The highest BCUT2D eigenvalue weighted by Crippen LogP contribution is 2.31. The lowest BCUT2D eigenvalue weighted by molar-refractivity contribution is 0.0764. The molecule has 2 aromatic heterocycles. The van der Waals surface area contributed by atoms with Crippen molar-refractivity contribution in [1.82, 2.24) is 15.0 Å². The molecule has 1 saturated heterocycles. The molecule has 0 saturated carbocycles. The number of aromatic nitrogens is 1. The molecule has 27 heavy (non-hydrogen) atoms. The minimum atomic E-state index is 0.151. The first kappa shape index (κ1) is 18.7.